The minimum Gasteiger partial charge on any atom is -0.488 e. The van der Waals surface area contributed by atoms with E-state index < -0.39 is 5.97 Å². The average Bonchev–Trinajstić information content (AvgIpc) is 3.31. The first-order valence-electron chi connectivity index (χ1n) is 11.5. The highest BCUT2D eigenvalue weighted by Crippen LogP contribution is 2.30. The maximum Gasteiger partial charge on any atom is 0.339 e. The third-order valence-corrected chi connectivity index (χ3v) is 5.97. The minimum absolute atomic E-state index is 0.139. The molecule has 2 aromatic heterocycles. The quantitative estimate of drug-likeness (QED) is 0.242. The Kier molecular flexibility index (Phi) is 6.87. The Bertz CT molecular complexity index is 1550. The summed E-state index contributed by atoms with van der Waals surface area (Å²) in [6.45, 7) is 2.06. The molecule has 37 heavy (non-hydrogen) atoms. The lowest BCUT2D eigenvalue weighted by Crippen LogP contribution is -2.05. The molecule has 0 bridgehead atoms. The van der Waals surface area contributed by atoms with E-state index in [9.17, 15) is 9.90 Å². The number of carboxylic acid groups (broad SMARTS) is 1. The number of hydrogen-bond acceptors (Lipinski definition) is 5. The van der Waals surface area contributed by atoms with Gasteiger partial charge in [-0.15, -0.1) is 0 Å². The molecule has 0 fully saturated rings. The van der Waals surface area contributed by atoms with Crippen molar-refractivity contribution in [3.8, 4) is 34.3 Å². The van der Waals surface area contributed by atoms with Crippen LogP contribution in [0.4, 0.5) is 0 Å². The molecule has 0 saturated carbocycles. The lowest BCUT2D eigenvalue weighted by molar-refractivity contribution is 0.0696. The van der Waals surface area contributed by atoms with Crippen LogP contribution in [-0.2, 0) is 6.61 Å². The molecule has 5 aromatic rings. The van der Waals surface area contributed by atoms with Crippen LogP contribution >= 0.6 is 11.6 Å². The predicted octanol–water partition coefficient (Wildman–Crippen LogP) is 6.97. The van der Waals surface area contributed by atoms with Crippen molar-refractivity contribution >= 4 is 17.6 Å². The van der Waals surface area contributed by atoms with Crippen LogP contribution < -0.4 is 9.47 Å². The lowest BCUT2D eigenvalue weighted by Gasteiger charge is -2.13. The Hall–Kier alpha value is -4.62. The number of nitrogens with zero attached hydrogens (tertiary/aromatic N) is 3. The standard InChI is InChI=1S/C29H22ClN3O4/c1-19-25(29(34)35)17-31-33(19)28-8-4-6-26(32-28)24-5-2-3-7-27(24)36-18-20-9-13-22(14-10-20)37-23-15-11-21(30)12-16-23/h2-17H,18H2,1H3,(H,34,35). The maximum atomic E-state index is 11.4. The lowest BCUT2D eigenvalue weighted by atomic mass is 10.1. The van der Waals surface area contributed by atoms with Crippen LogP contribution in [0.15, 0.2) is 97.2 Å². The van der Waals surface area contributed by atoms with Gasteiger partial charge in [-0.2, -0.15) is 5.10 Å². The van der Waals surface area contributed by atoms with E-state index in [0.29, 0.717) is 46.1 Å². The monoisotopic (exact) mass is 511 g/mol. The number of halogens is 1. The number of ether oxygens (including phenoxy) is 2. The highest BCUT2D eigenvalue weighted by Gasteiger charge is 2.16. The van der Waals surface area contributed by atoms with Crippen LogP contribution in [0.1, 0.15) is 21.6 Å². The smallest absolute Gasteiger partial charge is 0.339 e. The summed E-state index contributed by atoms with van der Waals surface area (Å²) < 4.78 is 13.5. The summed E-state index contributed by atoms with van der Waals surface area (Å²) in [5.41, 5.74) is 3.13. The minimum atomic E-state index is -1.02. The zero-order valence-corrected chi connectivity index (χ0v) is 20.6. The van der Waals surface area contributed by atoms with Crippen LogP contribution in [0, 0.1) is 6.92 Å². The third-order valence-electron chi connectivity index (χ3n) is 5.72. The molecule has 0 aliphatic carbocycles. The molecule has 5 rings (SSSR count). The Morgan fingerprint density at radius 2 is 1.62 bits per heavy atom. The van der Waals surface area contributed by atoms with Crippen molar-refractivity contribution in [2.24, 2.45) is 0 Å². The molecule has 3 aromatic carbocycles. The van der Waals surface area contributed by atoms with Gasteiger partial charge in [0.25, 0.3) is 0 Å². The van der Waals surface area contributed by atoms with Gasteiger partial charge in [-0.25, -0.2) is 14.5 Å². The molecular weight excluding hydrogens is 490 g/mol. The van der Waals surface area contributed by atoms with Crippen LogP contribution in [0.25, 0.3) is 17.1 Å². The van der Waals surface area contributed by atoms with Crippen molar-refractivity contribution in [3.05, 3.63) is 119 Å². The highest BCUT2D eigenvalue weighted by atomic mass is 35.5. The Morgan fingerprint density at radius 3 is 2.32 bits per heavy atom. The second-order valence-corrected chi connectivity index (χ2v) is 8.66. The van der Waals surface area contributed by atoms with Crippen molar-refractivity contribution in [1.82, 2.24) is 14.8 Å². The molecule has 0 atom stereocenters. The fourth-order valence-electron chi connectivity index (χ4n) is 3.80. The SMILES string of the molecule is Cc1c(C(=O)O)cnn1-c1cccc(-c2ccccc2OCc2ccc(Oc3ccc(Cl)cc3)cc2)n1. The van der Waals surface area contributed by atoms with Crippen LogP contribution in [0.3, 0.4) is 0 Å². The predicted molar refractivity (Wildman–Crippen MR) is 141 cm³/mol. The van der Waals surface area contributed by atoms with E-state index in [0.717, 1.165) is 11.1 Å². The van der Waals surface area contributed by atoms with Gasteiger partial charge >= 0.3 is 5.97 Å². The van der Waals surface area contributed by atoms with Crippen molar-refractivity contribution in [2.45, 2.75) is 13.5 Å². The van der Waals surface area contributed by atoms with E-state index in [1.54, 1.807) is 25.1 Å². The Balaban J connectivity index is 1.32. The number of carbonyl (C=O) groups is 1. The Labute approximate surface area is 218 Å². The van der Waals surface area contributed by atoms with Crippen LogP contribution in [0.5, 0.6) is 17.2 Å². The number of benzene rings is 3. The van der Waals surface area contributed by atoms with Gasteiger partial charge in [0.2, 0.25) is 0 Å². The van der Waals surface area contributed by atoms with Crippen molar-refractivity contribution in [2.75, 3.05) is 0 Å². The van der Waals surface area contributed by atoms with Crippen molar-refractivity contribution in [1.29, 1.82) is 0 Å². The van der Waals surface area contributed by atoms with Gasteiger partial charge in [-0.3, -0.25) is 0 Å². The summed E-state index contributed by atoms with van der Waals surface area (Å²) in [4.78, 5) is 16.1. The van der Waals surface area contributed by atoms with Crippen molar-refractivity contribution < 1.29 is 19.4 Å². The largest absolute Gasteiger partial charge is 0.488 e. The third kappa shape index (κ3) is 5.47. The first kappa shape index (κ1) is 24.1. The summed E-state index contributed by atoms with van der Waals surface area (Å²) in [5, 5.41) is 14.2. The fourth-order valence-corrected chi connectivity index (χ4v) is 3.93. The number of rotatable bonds is 8. The van der Waals surface area contributed by atoms with Gasteiger partial charge in [-0.1, -0.05) is 41.9 Å². The summed E-state index contributed by atoms with van der Waals surface area (Å²) in [6.07, 6.45) is 1.33. The molecule has 7 nitrogen and oxygen atoms in total. The number of pyridine rings is 1. The number of aromatic nitrogens is 3. The molecule has 1 N–H and O–H groups in total. The molecule has 0 spiro atoms. The number of hydrogen-bond donors (Lipinski definition) is 1. The number of para-hydroxylation sites is 1. The normalized spacial score (nSPS) is 10.8. The molecule has 0 unspecified atom stereocenters. The van der Waals surface area contributed by atoms with Gasteiger partial charge < -0.3 is 14.6 Å². The van der Waals surface area contributed by atoms with Gasteiger partial charge in [0.15, 0.2) is 5.82 Å². The zero-order valence-electron chi connectivity index (χ0n) is 19.8. The van der Waals surface area contributed by atoms with Gasteiger partial charge in [0, 0.05) is 10.6 Å². The van der Waals surface area contributed by atoms with Crippen LogP contribution in [0.2, 0.25) is 5.02 Å². The van der Waals surface area contributed by atoms with E-state index in [1.165, 1.54) is 10.9 Å². The van der Waals surface area contributed by atoms with Gasteiger partial charge in [-0.05, 0) is 73.2 Å². The second kappa shape index (κ2) is 10.6. The molecule has 0 saturated heterocycles. The topological polar surface area (TPSA) is 86.5 Å². The molecule has 0 amide bonds. The first-order chi connectivity index (χ1) is 18.0. The molecule has 8 heteroatoms. The van der Waals surface area contributed by atoms with E-state index in [2.05, 4.69) is 5.10 Å². The number of aromatic carboxylic acids is 1. The molecule has 2 heterocycles. The molecule has 0 radical (unpaired) electrons. The summed E-state index contributed by atoms with van der Waals surface area (Å²) in [6, 6.07) is 28.1. The molecular formula is C29H22ClN3O4. The van der Waals surface area contributed by atoms with Gasteiger partial charge in [0.1, 0.15) is 29.4 Å². The fraction of sp³-hybridized carbons (Fsp3) is 0.0690. The van der Waals surface area contributed by atoms with E-state index in [1.807, 2.05) is 72.8 Å². The summed E-state index contributed by atoms with van der Waals surface area (Å²) >= 11 is 5.93. The molecule has 0 aliphatic rings. The van der Waals surface area contributed by atoms with E-state index in [-0.39, 0.29) is 5.56 Å². The zero-order chi connectivity index (χ0) is 25.8. The highest BCUT2D eigenvalue weighted by molar-refractivity contribution is 6.30. The number of carboxylic acids is 1. The summed E-state index contributed by atoms with van der Waals surface area (Å²) in [7, 11) is 0. The average molecular weight is 512 g/mol. The van der Waals surface area contributed by atoms with Crippen LogP contribution in [-0.4, -0.2) is 25.8 Å². The van der Waals surface area contributed by atoms with Gasteiger partial charge in [0.05, 0.1) is 17.6 Å². The maximum absolute atomic E-state index is 11.4. The summed E-state index contributed by atoms with van der Waals surface area (Å²) in [5.74, 6) is 1.60. The van der Waals surface area contributed by atoms with E-state index in [4.69, 9.17) is 26.1 Å². The molecule has 184 valence electrons. The second-order valence-electron chi connectivity index (χ2n) is 8.23. The van der Waals surface area contributed by atoms with E-state index >= 15 is 0 Å². The first-order valence-corrected chi connectivity index (χ1v) is 11.9. The van der Waals surface area contributed by atoms with Crippen molar-refractivity contribution in [3.63, 3.8) is 0 Å². The Morgan fingerprint density at radius 1 is 0.919 bits per heavy atom. The molecule has 0 aliphatic heterocycles.